The molecule has 0 unspecified atom stereocenters. The molecule has 0 fully saturated rings. The first-order valence-electron chi connectivity index (χ1n) is 26.6. The van der Waals surface area contributed by atoms with Gasteiger partial charge in [-0.25, -0.2) is 0 Å². The van der Waals surface area contributed by atoms with Gasteiger partial charge in [-0.3, -0.25) is 0 Å². The van der Waals surface area contributed by atoms with Crippen LogP contribution in [0.1, 0.15) is 41.4 Å². The molecule has 1 heteroatoms. The van der Waals surface area contributed by atoms with Crippen LogP contribution in [0.15, 0.2) is 236 Å². The lowest BCUT2D eigenvalue weighted by Gasteiger charge is -2.27. The average Bonchev–Trinajstić information content (AvgIpc) is 3.65. The van der Waals surface area contributed by atoms with Crippen LogP contribution in [0.25, 0.3) is 77.5 Å². The largest absolute Gasteiger partial charge is 0.311 e. The SMILES string of the molecule is [2H]c1c([2H])c(N(c2c([2H])c([2H])c(-c3cccc(-c4cccc5ccccc45)c3)c([2H])c2[2H])c2c([2H])c([2H])c(-c3cccc4c3C(C)(C)c3ccccc3-4)c([2H])c2[2H])c([2H])c([2H])c1-c1ccc(-c2ccccc2)cc1. The number of fused-ring (bicyclic) bond motifs is 4. The zero-order valence-corrected chi connectivity index (χ0v) is 34.0. The maximum absolute atomic E-state index is 9.82. The number of rotatable bonds is 8. The maximum Gasteiger partial charge on any atom is 0.0645 e. The molecule has 10 aromatic carbocycles. The molecule has 62 heavy (non-hydrogen) atoms. The van der Waals surface area contributed by atoms with E-state index < -0.39 is 95.0 Å². The first-order chi connectivity index (χ1) is 35.5. The zero-order valence-electron chi connectivity index (χ0n) is 46.0. The van der Waals surface area contributed by atoms with Crippen molar-refractivity contribution in [2.75, 3.05) is 4.90 Å². The minimum atomic E-state index is -0.671. The second kappa shape index (κ2) is 15.4. The highest BCUT2D eigenvalue weighted by molar-refractivity contribution is 5.97. The molecule has 0 atom stereocenters. The highest BCUT2D eigenvalue weighted by atomic mass is 15.1. The Morgan fingerprint density at radius 2 is 0.790 bits per heavy atom. The van der Waals surface area contributed by atoms with E-state index in [-0.39, 0.29) is 16.7 Å². The predicted octanol–water partition coefficient (Wildman–Crippen LogP) is 17.0. The Balaban J connectivity index is 1.15. The number of benzene rings is 10. The van der Waals surface area contributed by atoms with Crippen LogP contribution in [-0.4, -0.2) is 0 Å². The molecule has 1 aliphatic rings. The molecular formula is C61H45N. The maximum atomic E-state index is 9.82. The van der Waals surface area contributed by atoms with Crippen molar-refractivity contribution in [1.82, 2.24) is 0 Å². The summed E-state index contributed by atoms with van der Waals surface area (Å²) >= 11 is 0. The van der Waals surface area contributed by atoms with Crippen molar-refractivity contribution in [3.05, 3.63) is 247 Å². The van der Waals surface area contributed by atoms with Gasteiger partial charge >= 0.3 is 0 Å². The molecule has 294 valence electrons. The molecule has 0 heterocycles. The lowest BCUT2D eigenvalue weighted by Crippen LogP contribution is -2.16. The van der Waals surface area contributed by atoms with Crippen molar-refractivity contribution >= 4 is 27.8 Å². The van der Waals surface area contributed by atoms with Gasteiger partial charge in [0.2, 0.25) is 0 Å². The molecule has 0 aliphatic heterocycles. The van der Waals surface area contributed by atoms with Crippen LogP contribution in [0, 0.1) is 0 Å². The lowest BCUT2D eigenvalue weighted by atomic mass is 9.79. The van der Waals surface area contributed by atoms with Gasteiger partial charge in [0.1, 0.15) is 0 Å². The Bertz CT molecular complexity index is 3870. The van der Waals surface area contributed by atoms with E-state index in [1.165, 1.54) is 0 Å². The number of nitrogens with zero attached hydrogens (tertiary/aromatic N) is 1. The molecule has 0 spiro atoms. The van der Waals surface area contributed by atoms with E-state index in [0.29, 0.717) is 16.7 Å². The molecule has 0 saturated carbocycles. The Kier molecular flexibility index (Phi) is 6.56. The molecular weight excluding hydrogens is 747 g/mol. The summed E-state index contributed by atoms with van der Waals surface area (Å²) in [6.45, 7) is 4.09. The summed E-state index contributed by atoms with van der Waals surface area (Å²) in [5, 5.41) is 1.99. The molecule has 0 bridgehead atoms. The fourth-order valence-corrected chi connectivity index (χ4v) is 8.85. The smallest absolute Gasteiger partial charge is 0.0645 e. The molecule has 0 amide bonds. The van der Waals surface area contributed by atoms with Crippen molar-refractivity contribution in [3.63, 3.8) is 0 Å². The fraction of sp³-hybridized carbons (Fsp3) is 0.0492. The highest BCUT2D eigenvalue weighted by Crippen LogP contribution is 2.52. The first-order valence-corrected chi connectivity index (χ1v) is 20.6. The summed E-state index contributed by atoms with van der Waals surface area (Å²) in [6, 6.07) is 44.0. The Hall–Kier alpha value is -7.74. The van der Waals surface area contributed by atoms with Crippen LogP contribution >= 0.6 is 0 Å². The van der Waals surface area contributed by atoms with Gasteiger partial charge in [-0.15, -0.1) is 0 Å². The summed E-state index contributed by atoms with van der Waals surface area (Å²) in [5.74, 6) is 0. The Morgan fingerprint density at radius 1 is 0.339 bits per heavy atom. The van der Waals surface area contributed by atoms with Gasteiger partial charge in [0.05, 0.1) is 16.4 Å². The van der Waals surface area contributed by atoms with Crippen molar-refractivity contribution in [2.45, 2.75) is 19.3 Å². The molecule has 0 saturated heterocycles. The van der Waals surface area contributed by atoms with Crippen LogP contribution < -0.4 is 4.90 Å². The van der Waals surface area contributed by atoms with Crippen LogP contribution in [-0.2, 0) is 5.41 Å². The lowest BCUT2D eigenvalue weighted by molar-refractivity contribution is 0.662. The second-order valence-corrected chi connectivity index (χ2v) is 16.0. The number of hydrogen-bond donors (Lipinski definition) is 0. The van der Waals surface area contributed by atoms with Gasteiger partial charge in [0.25, 0.3) is 0 Å². The highest BCUT2D eigenvalue weighted by Gasteiger charge is 2.37. The quantitative estimate of drug-likeness (QED) is 0.148. The van der Waals surface area contributed by atoms with E-state index >= 15 is 0 Å². The van der Waals surface area contributed by atoms with E-state index in [1.807, 2.05) is 141 Å². The summed E-state index contributed by atoms with van der Waals surface area (Å²) in [6.07, 6.45) is 0. The Labute approximate surface area is 381 Å². The van der Waals surface area contributed by atoms with Gasteiger partial charge in [0.15, 0.2) is 0 Å². The Morgan fingerprint density at radius 3 is 1.50 bits per heavy atom. The van der Waals surface area contributed by atoms with E-state index in [0.717, 1.165) is 60.2 Å². The van der Waals surface area contributed by atoms with Crippen molar-refractivity contribution in [3.8, 4) is 66.8 Å². The van der Waals surface area contributed by atoms with Gasteiger partial charge in [-0.1, -0.05) is 208 Å². The third kappa shape index (κ3) is 6.60. The number of hydrogen-bond acceptors (Lipinski definition) is 1. The van der Waals surface area contributed by atoms with Crippen LogP contribution in [0.2, 0.25) is 0 Å². The topological polar surface area (TPSA) is 3.24 Å². The van der Waals surface area contributed by atoms with Gasteiger partial charge < -0.3 is 4.90 Å². The van der Waals surface area contributed by atoms with Crippen molar-refractivity contribution in [2.24, 2.45) is 0 Å². The summed E-state index contributed by atoms with van der Waals surface area (Å²) in [5.41, 5.74) is 5.87. The monoisotopic (exact) mass is 803 g/mol. The molecule has 0 N–H and O–H groups in total. The summed E-state index contributed by atoms with van der Waals surface area (Å²) in [7, 11) is 0. The minimum absolute atomic E-state index is 0.0173. The van der Waals surface area contributed by atoms with Gasteiger partial charge in [-0.2, -0.15) is 0 Å². The molecule has 1 aliphatic carbocycles. The molecule has 1 nitrogen and oxygen atoms in total. The predicted molar refractivity (Wildman–Crippen MR) is 263 cm³/mol. The molecule has 0 aromatic heterocycles. The zero-order chi connectivity index (χ0) is 52.1. The van der Waals surface area contributed by atoms with Crippen molar-refractivity contribution in [1.29, 1.82) is 0 Å². The van der Waals surface area contributed by atoms with Crippen molar-refractivity contribution < 1.29 is 16.4 Å². The van der Waals surface area contributed by atoms with E-state index in [1.54, 1.807) is 36.4 Å². The third-order valence-corrected chi connectivity index (χ3v) is 11.9. The summed E-state index contributed by atoms with van der Waals surface area (Å²) in [4.78, 5) is 0.875. The van der Waals surface area contributed by atoms with E-state index in [9.17, 15) is 16.4 Å². The molecule has 0 radical (unpaired) electrons. The fourth-order valence-electron chi connectivity index (χ4n) is 8.85. The summed E-state index contributed by atoms with van der Waals surface area (Å²) < 4.78 is 116. The normalized spacial score (nSPS) is 15.2. The van der Waals surface area contributed by atoms with Crippen LogP contribution in [0.3, 0.4) is 0 Å². The van der Waals surface area contributed by atoms with Crippen LogP contribution in [0.4, 0.5) is 17.1 Å². The third-order valence-electron chi connectivity index (χ3n) is 11.9. The number of anilines is 3. The minimum Gasteiger partial charge on any atom is -0.311 e. The second-order valence-electron chi connectivity index (χ2n) is 16.0. The molecule has 10 aromatic rings. The standard InChI is InChI=1S/C61H45N/c1-61(2)59-24-9-8-20-57(59)58-23-12-22-56(60(58)61)48-33-39-53(40-34-48)62(51-35-29-45(30-36-51)44-27-25-43(26-28-44)42-13-4-3-5-14-42)52-37-31-46(32-38-52)49-17-10-18-50(41-49)55-21-11-16-47-15-6-7-19-54(47)55/h3-41H,1-2H3/i29D,30D,31D,32D,33D,34D,35D,36D,37D,38D,39D,40D. The van der Waals surface area contributed by atoms with E-state index in [2.05, 4.69) is 0 Å². The van der Waals surface area contributed by atoms with Gasteiger partial charge in [0, 0.05) is 22.5 Å². The first kappa shape index (κ1) is 26.5. The van der Waals surface area contributed by atoms with Gasteiger partial charge in [-0.05, 0) is 131 Å². The average molecular weight is 804 g/mol. The van der Waals surface area contributed by atoms with Crippen LogP contribution in [0.5, 0.6) is 0 Å². The van der Waals surface area contributed by atoms with E-state index in [4.69, 9.17) is 0 Å². The molecule has 11 rings (SSSR count).